The fraction of sp³-hybridized carbons (Fsp3) is 0.600. The highest BCUT2D eigenvalue weighted by Crippen LogP contribution is 2.22. The van der Waals surface area contributed by atoms with Gasteiger partial charge in [0.25, 0.3) is 0 Å². The van der Waals surface area contributed by atoms with E-state index in [-0.39, 0.29) is 16.5 Å². The number of rotatable bonds is 6. The second kappa shape index (κ2) is 6.32. The Kier molecular flexibility index (Phi) is 5.32. The highest BCUT2D eigenvalue weighted by atomic mass is 32.1. The molecule has 0 saturated heterocycles. The molecule has 0 bridgehead atoms. The van der Waals surface area contributed by atoms with Crippen LogP contribution < -0.4 is 0 Å². The molecule has 1 heterocycles. The zero-order valence-electron chi connectivity index (χ0n) is 9.59. The first kappa shape index (κ1) is 15.2. The molecule has 18 heavy (non-hydrogen) atoms. The first-order valence-electron chi connectivity index (χ1n) is 5.18. The smallest absolute Gasteiger partial charge is 0.188 e. The molecule has 7 nitrogen and oxygen atoms in total. The molecule has 0 aromatic carbocycles. The van der Waals surface area contributed by atoms with Gasteiger partial charge in [-0.25, -0.2) is 4.98 Å². The lowest BCUT2D eigenvalue weighted by molar-refractivity contribution is -0.117. The van der Waals surface area contributed by atoms with Crippen LogP contribution in [-0.2, 0) is 0 Å². The Morgan fingerprint density at radius 1 is 1.33 bits per heavy atom. The third-order valence-electron chi connectivity index (χ3n) is 2.38. The Morgan fingerprint density at radius 2 is 1.94 bits per heavy atom. The van der Waals surface area contributed by atoms with Gasteiger partial charge < -0.3 is 25.5 Å². The Labute approximate surface area is 107 Å². The van der Waals surface area contributed by atoms with Gasteiger partial charge in [0.15, 0.2) is 10.8 Å². The SMILES string of the molecule is CC(=O)c1nc([C@H](O)[C@H](O)[C@H](O)[C@H](O)CO)cs1. The van der Waals surface area contributed by atoms with Gasteiger partial charge >= 0.3 is 0 Å². The number of aliphatic hydroxyl groups excluding tert-OH is 5. The number of hydrogen-bond acceptors (Lipinski definition) is 8. The number of ketones is 1. The zero-order valence-corrected chi connectivity index (χ0v) is 10.4. The normalized spacial score (nSPS) is 18.1. The van der Waals surface area contributed by atoms with E-state index in [0.717, 1.165) is 11.3 Å². The molecule has 4 atom stereocenters. The van der Waals surface area contributed by atoms with Crippen LogP contribution in [-0.4, -0.2) is 61.2 Å². The summed E-state index contributed by atoms with van der Waals surface area (Å²) in [6.07, 6.45) is -6.55. The third kappa shape index (κ3) is 3.31. The summed E-state index contributed by atoms with van der Waals surface area (Å²) < 4.78 is 0. The molecule has 5 N–H and O–H groups in total. The van der Waals surface area contributed by atoms with E-state index in [1.54, 1.807) is 0 Å². The molecular formula is C10H15NO6S. The molecule has 0 saturated carbocycles. The van der Waals surface area contributed by atoms with E-state index < -0.39 is 31.0 Å². The van der Waals surface area contributed by atoms with Crippen LogP contribution >= 0.6 is 11.3 Å². The molecule has 0 amide bonds. The lowest BCUT2D eigenvalue weighted by Gasteiger charge is -2.24. The number of carbonyl (C=O) groups excluding carboxylic acids is 1. The highest BCUT2D eigenvalue weighted by Gasteiger charge is 2.32. The van der Waals surface area contributed by atoms with E-state index in [9.17, 15) is 20.1 Å². The maximum Gasteiger partial charge on any atom is 0.188 e. The van der Waals surface area contributed by atoms with Crippen molar-refractivity contribution in [3.63, 3.8) is 0 Å². The van der Waals surface area contributed by atoms with Crippen LogP contribution in [0, 0.1) is 0 Å². The number of hydrogen-bond donors (Lipinski definition) is 5. The van der Waals surface area contributed by atoms with Crippen LogP contribution in [0.3, 0.4) is 0 Å². The van der Waals surface area contributed by atoms with Crippen molar-refractivity contribution >= 4 is 17.1 Å². The quantitative estimate of drug-likeness (QED) is 0.398. The van der Waals surface area contributed by atoms with Crippen molar-refractivity contribution in [2.45, 2.75) is 31.3 Å². The molecule has 1 aromatic heterocycles. The fourth-order valence-electron chi connectivity index (χ4n) is 1.28. The van der Waals surface area contributed by atoms with Crippen LogP contribution in [0.15, 0.2) is 5.38 Å². The minimum absolute atomic E-state index is 0.0295. The van der Waals surface area contributed by atoms with Crippen LogP contribution in [0.1, 0.15) is 28.5 Å². The summed E-state index contributed by atoms with van der Waals surface area (Å²) in [7, 11) is 0. The molecule has 0 aliphatic carbocycles. The summed E-state index contributed by atoms with van der Waals surface area (Å²) in [4.78, 5) is 14.8. The highest BCUT2D eigenvalue weighted by molar-refractivity contribution is 7.11. The summed E-state index contributed by atoms with van der Waals surface area (Å²) in [5, 5.41) is 48.1. The lowest BCUT2D eigenvalue weighted by atomic mass is 10.0. The summed E-state index contributed by atoms with van der Waals surface area (Å²) >= 11 is 1.00. The van der Waals surface area contributed by atoms with Crippen molar-refractivity contribution in [2.24, 2.45) is 0 Å². The second-order valence-corrected chi connectivity index (χ2v) is 4.67. The molecule has 0 fully saturated rings. The van der Waals surface area contributed by atoms with Gasteiger partial charge in [-0.1, -0.05) is 0 Å². The average molecular weight is 277 g/mol. The predicted molar refractivity (Wildman–Crippen MR) is 62.2 cm³/mol. The van der Waals surface area contributed by atoms with Gasteiger partial charge in [-0.2, -0.15) is 0 Å². The monoisotopic (exact) mass is 277 g/mol. The molecule has 1 rings (SSSR count). The van der Waals surface area contributed by atoms with Crippen LogP contribution in [0.2, 0.25) is 0 Å². The van der Waals surface area contributed by atoms with E-state index in [4.69, 9.17) is 10.2 Å². The summed E-state index contributed by atoms with van der Waals surface area (Å²) in [6, 6.07) is 0. The maximum absolute atomic E-state index is 11.0. The molecule has 0 radical (unpaired) electrons. The molecule has 0 unspecified atom stereocenters. The van der Waals surface area contributed by atoms with Gasteiger partial charge in [-0.05, 0) is 0 Å². The maximum atomic E-state index is 11.0. The van der Waals surface area contributed by atoms with Gasteiger partial charge in [-0.15, -0.1) is 11.3 Å². The first-order chi connectivity index (χ1) is 8.38. The van der Waals surface area contributed by atoms with Crippen LogP contribution in [0.25, 0.3) is 0 Å². The molecule has 8 heteroatoms. The van der Waals surface area contributed by atoms with Crippen molar-refractivity contribution in [3.8, 4) is 0 Å². The number of thiazole rings is 1. The Bertz CT molecular complexity index is 409. The summed E-state index contributed by atoms with van der Waals surface area (Å²) in [5.41, 5.74) is 0.0295. The summed E-state index contributed by atoms with van der Waals surface area (Å²) in [5.74, 6) is -0.274. The van der Waals surface area contributed by atoms with Crippen molar-refractivity contribution < 1.29 is 30.3 Å². The van der Waals surface area contributed by atoms with E-state index in [2.05, 4.69) is 4.98 Å². The van der Waals surface area contributed by atoms with Crippen molar-refractivity contribution in [1.29, 1.82) is 0 Å². The van der Waals surface area contributed by atoms with Crippen molar-refractivity contribution in [3.05, 3.63) is 16.1 Å². The number of aromatic nitrogens is 1. The van der Waals surface area contributed by atoms with E-state index in [0.29, 0.717) is 0 Å². The minimum Gasteiger partial charge on any atom is -0.394 e. The number of aliphatic hydroxyl groups is 5. The predicted octanol–water partition coefficient (Wildman–Crippen LogP) is -1.55. The van der Waals surface area contributed by atoms with Gasteiger partial charge in [0, 0.05) is 12.3 Å². The largest absolute Gasteiger partial charge is 0.394 e. The number of carbonyl (C=O) groups is 1. The topological polar surface area (TPSA) is 131 Å². The van der Waals surface area contributed by atoms with Gasteiger partial charge in [0.1, 0.15) is 24.4 Å². The molecule has 0 aliphatic rings. The van der Waals surface area contributed by atoms with Gasteiger partial charge in [0.05, 0.1) is 12.3 Å². The van der Waals surface area contributed by atoms with E-state index >= 15 is 0 Å². The molecule has 1 aromatic rings. The minimum atomic E-state index is -1.72. The molecule has 0 aliphatic heterocycles. The van der Waals surface area contributed by atoms with Crippen LogP contribution in [0.4, 0.5) is 0 Å². The zero-order chi connectivity index (χ0) is 13.9. The Hall–Kier alpha value is -0.900. The fourth-order valence-corrected chi connectivity index (χ4v) is 2.03. The van der Waals surface area contributed by atoms with Gasteiger partial charge in [-0.3, -0.25) is 4.79 Å². The van der Waals surface area contributed by atoms with Crippen molar-refractivity contribution in [2.75, 3.05) is 6.61 Å². The molecule has 0 spiro atoms. The van der Waals surface area contributed by atoms with E-state index in [1.165, 1.54) is 12.3 Å². The number of Topliss-reactive ketones (excluding diaryl/α,β-unsaturated/α-hetero) is 1. The Morgan fingerprint density at radius 3 is 2.39 bits per heavy atom. The standard InChI is InChI=1S/C10H15NO6S/c1-4(13)10-11-5(3-18-10)7(15)9(17)8(16)6(14)2-12/h3,6-9,12,14-17H,2H2,1H3/t6-,7+,8-,9+/m1/s1. The Balaban J connectivity index is 2.79. The summed E-state index contributed by atoms with van der Waals surface area (Å²) in [6.45, 7) is 0.566. The van der Waals surface area contributed by atoms with E-state index in [1.807, 2.05) is 0 Å². The second-order valence-electron chi connectivity index (χ2n) is 3.81. The first-order valence-corrected chi connectivity index (χ1v) is 6.06. The van der Waals surface area contributed by atoms with Crippen LogP contribution in [0.5, 0.6) is 0 Å². The third-order valence-corrected chi connectivity index (χ3v) is 3.34. The molecule has 102 valence electrons. The van der Waals surface area contributed by atoms with Gasteiger partial charge in [0.2, 0.25) is 0 Å². The van der Waals surface area contributed by atoms with Crippen molar-refractivity contribution in [1.82, 2.24) is 4.98 Å². The number of nitrogens with zero attached hydrogens (tertiary/aromatic N) is 1. The lowest BCUT2D eigenvalue weighted by Crippen LogP contribution is -2.42. The molecular weight excluding hydrogens is 262 g/mol. The average Bonchev–Trinajstić information content (AvgIpc) is 2.84.